The predicted octanol–water partition coefficient (Wildman–Crippen LogP) is 2.80. The lowest BCUT2D eigenvalue weighted by molar-refractivity contribution is 0.577. The van der Waals surface area contributed by atoms with Gasteiger partial charge in [0.2, 0.25) is 0 Å². The molecule has 0 saturated heterocycles. The standard InChI is InChI=1S/C14H16N4O/c1-8(2)12-11-9(6-15)7-16-14(11)18-13(17-12)10-4-3-5-19-10/h3-5,7-8H,6,15H2,1-2H3,(H,16,17,18). The number of hydrogen-bond acceptors (Lipinski definition) is 4. The van der Waals surface area contributed by atoms with E-state index in [1.165, 1.54) is 0 Å². The van der Waals surface area contributed by atoms with Crippen LogP contribution in [0.4, 0.5) is 0 Å². The second-order valence-corrected chi connectivity index (χ2v) is 4.81. The summed E-state index contributed by atoms with van der Waals surface area (Å²) in [5, 5.41) is 1.04. The predicted molar refractivity (Wildman–Crippen MR) is 73.6 cm³/mol. The highest BCUT2D eigenvalue weighted by Crippen LogP contribution is 2.28. The lowest BCUT2D eigenvalue weighted by atomic mass is 10.0. The molecule has 0 atom stereocenters. The SMILES string of the molecule is CC(C)c1nc(-c2ccco2)nc2[nH]cc(CN)c12. The van der Waals surface area contributed by atoms with E-state index in [1.807, 2.05) is 18.3 Å². The summed E-state index contributed by atoms with van der Waals surface area (Å²) in [6.45, 7) is 4.70. The molecule has 5 heteroatoms. The average molecular weight is 256 g/mol. The first-order valence-electron chi connectivity index (χ1n) is 6.32. The summed E-state index contributed by atoms with van der Waals surface area (Å²) >= 11 is 0. The van der Waals surface area contributed by atoms with Crippen molar-refractivity contribution in [2.24, 2.45) is 5.73 Å². The lowest BCUT2D eigenvalue weighted by Gasteiger charge is -2.09. The highest BCUT2D eigenvalue weighted by Gasteiger charge is 2.17. The van der Waals surface area contributed by atoms with E-state index in [4.69, 9.17) is 10.2 Å². The Morgan fingerprint density at radius 3 is 2.84 bits per heavy atom. The van der Waals surface area contributed by atoms with Crippen LogP contribution in [0.2, 0.25) is 0 Å². The summed E-state index contributed by atoms with van der Waals surface area (Å²) in [5.41, 5.74) is 8.62. The number of H-pyrrole nitrogens is 1. The Labute approximate surface area is 110 Å². The summed E-state index contributed by atoms with van der Waals surface area (Å²) in [5.74, 6) is 1.57. The molecule has 0 aliphatic carbocycles. The highest BCUT2D eigenvalue weighted by atomic mass is 16.3. The number of hydrogen-bond donors (Lipinski definition) is 2. The Balaban J connectivity index is 2.29. The molecule has 3 aromatic heterocycles. The van der Waals surface area contributed by atoms with Gasteiger partial charge in [-0.05, 0) is 23.6 Å². The number of furan rings is 1. The average Bonchev–Trinajstić information content (AvgIpc) is 3.06. The van der Waals surface area contributed by atoms with Gasteiger partial charge in [-0.15, -0.1) is 0 Å². The molecule has 0 bridgehead atoms. The fraction of sp³-hybridized carbons (Fsp3) is 0.286. The van der Waals surface area contributed by atoms with Crippen LogP contribution in [0.25, 0.3) is 22.6 Å². The van der Waals surface area contributed by atoms with E-state index in [1.54, 1.807) is 6.26 Å². The first-order valence-corrected chi connectivity index (χ1v) is 6.32. The van der Waals surface area contributed by atoms with Gasteiger partial charge in [0.15, 0.2) is 11.6 Å². The van der Waals surface area contributed by atoms with Crippen LogP contribution >= 0.6 is 0 Å². The molecular formula is C14H16N4O. The molecule has 3 rings (SSSR count). The highest BCUT2D eigenvalue weighted by molar-refractivity contribution is 5.84. The van der Waals surface area contributed by atoms with Gasteiger partial charge in [0.25, 0.3) is 0 Å². The number of nitrogens with one attached hydrogen (secondary N) is 1. The molecule has 0 amide bonds. The molecule has 0 fully saturated rings. The summed E-state index contributed by atoms with van der Waals surface area (Å²) in [6, 6.07) is 3.69. The number of rotatable bonds is 3. The first kappa shape index (κ1) is 11.9. The topological polar surface area (TPSA) is 80.7 Å². The van der Waals surface area contributed by atoms with Crippen LogP contribution in [-0.2, 0) is 6.54 Å². The van der Waals surface area contributed by atoms with Crippen molar-refractivity contribution >= 4 is 11.0 Å². The van der Waals surface area contributed by atoms with Gasteiger partial charge >= 0.3 is 0 Å². The van der Waals surface area contributed by atoms with Crippen molar-refractivity contribution < 1.29 is 4.42 Å². The second-order valence-electron chi connectivity index (χ2n) is 4.81. The molecule has 0 saturated carbocycles. The van der Waals surface area contributed by atoms with E-state index in [9.17, 15) is 0 Å². The van der Waals surface area contributed by atoms with E-state index < -0.39 is 0 Å². The number of nitrogens with zero attached hydrogens (tertiary/aromatic N) is 2. The monoisotopic (exact) mass is 256 g/mol. The summed E-state index contributed by atoms with van der Waals surface area (Å²) in [6.07, 6.45) is 3.52. The summed E-state index contributed by atoms with van der Waals surface area (Å²) in [4.78, 5) is 12.3. The minimum Gasteiger partial charge on any atom is -0.461 e. The smallest absolute Gasteiger partial charge is 0.197 e. The molecular weight excluding hydrogens is 240 g/mol. The largest absolute Gasteiger partial charge is 0.461 e. The molecule has 3 aromatic rings. The Morgan fingerprint density at radius 2 is 2.21 bits per heavy atom. The molecule has 0 aliphatic heterocycles. The van der Waals surface area contributed by atoms with Gasteiger partial charge in [-0.2, -0.15) is 0 Å². The second kappa shape index (κ2) is 4.51. The Bertz CT molecular complexity index is 698. The molecule has 0 spiro atoms. The maximum absolute atomic E-state index is 5.77. The van der Waals surface area contributed by atoms with Gasteiger partial charge in [-0.25, -0.2) is 9.97 Å². The first-order chi connectivity index (χ1) is 9.20. The fourth-order valence-electron chi connectivity index (χ4n) is 2.22. The maximum Gasteiger partial charge on any atom is 0.197 e. The van der Waals surface area contributed by atoms with Crippen molar-refractivity contribution in [1.82, 2.24) is 15.0 Å². The van der Waals surface area contributed by atoms with Crippen molar-refractivity contribution in [1.29, 1.82) is 0 Å². The molecule has 3 heterocycles. The van der Waals surface area contributed by atoms with Gasteiger partial charge in [-0.1, -0.05) is 13.8 Å². The van der Waals surface area contributed by atoms with Crippen LogP contribution in [0, 0.1) is 0 Å². The number of fused-ring (bicyclic) bond motifs is 1. The molecule has 5 nitrogen and oxygen atoms in total. The van der Waals surface area contributed by atoms with E-state index in [0.29, 0.717) is 24.0 Å². The van der Waals surface area contributed by atoms with Crippen LogP contribution in [0.1, 0.15) is 31.0 Å². The Morgan fingerprint density at radius 1 is 1.37 bits per heavy atom. The van der Waals surface area contributed by atoms with E-state index in [2.05, 4.69) is 28.8 Å². The van der Waals surface area contributed by atoms with Crippen LogP contribution in [0.15, 0.2) is 29.0 Å². The van der Waals surface area contributed by atoms with Crippen molar-refractivity contribution in [3.63, 3.8) is 0 Å². The van der Waals surface area contributed by atoms with Crippen LogP contribution < -0.4 is 5.73 Å². The van der Waals surface area contributed by atoms with E-state index in [-0.39, 0.29) is 0 Å². The van der Waals surface area contributed by atoms with Gasteiger partial charge in [0.1, 0.15) is 5.65 Å². The third-order valence-corrected chi connectivity index (χ3v) is 3.15. The molecule has 0 radical (unpaired) electrons. The molecule has 0 aliphatic rings. The zero-order valence-corrected chi connectivity index (χ0v) is 11.0. The third-order valence-electron chi connectivity index (χ3n) is 3.15. The summed E-state index contributed by atoms with van der Waals surface area (Å²) < 4.78 is 5.37. The molecule has 19 heavy (non-hydrogen) atoms. The van der Waals surface area contributed by atoms with Crippen molar-refractivity contribution in [3.8, 4) is 11.6 Å². The van der Waals surface area contributed by atoms with Gasteiger partial charge in [0.05, 0.1) is 12.0 Å². The lowest BCUT2D eigenvalue weighted by Crippen LogP contribution is -2.02. The number of aromatic nitrogens is 3. The normalized spacial score (nSPS) is 11.6. The van der Waals surface area contributed by atoms with Crippen molar-refractivity contribution in [2.75, 3.05) is 0 Å². The van der Waals surface area contributed by atoms with Crippen molar-refractivity contribution in [2.45, 2.75) is 26.3 Å². The van der Waals surface area contributed by atoms with Gasteiger partial charge < -0.3 is 15.1 Å². The molecule has 0 aromatic carbocycles. The molecule has 3 N–H and O–H groups in total. The maximum atomic E-state index is 5.77. The zero-order chi connectivity index (χ0) is 13.4. The number of aromatic amines is 1. The minimum absolute atomic E-state index is 0.292. The molecule has 0 unspecified atom stereocenters. The number of nitrogens with two attached hydrogens (primary N) is 1. The Kier molecular flexibility index (Phi) is 2.83. The van der Waals surface area contributed by atoms with Crippen LogP contribution in [0.5, 0.6) is 0 Å². The molecule has 98 valence electrons. The van der Waals surface area contributed by atoms with E-state index in [0.717, 1.165) is 22.3 Å². The third kappa shape index (κ3) is 1.92. The quantitative estimate of drug-likeness (QED) is 0.755. The minimum atomic E-state index is 0.292. The van der Waals surface area contributed by atoms with Crippen LogP contribution in [-0.4, -0.2) is 15.0 Å². The van der Waals surface area contributed by atoms with Gasteiger partial charge in [-0.3, -0.25) is 0 Å². The van der Waals surface area contributed by atoms with Crippen LogP contribution in [0.3, 0.4) is 0 Å². The summed E-state index contributed by atoms with van der Waals surface area (Å²) in [7, 11) is 0. The Hall–Kier alpha value is -2.14. The van der Waals surface area contributed by atoms with E-state index >= 15 is 0 Å². The fourth-order valence-corrected chi connectivity index (χ4v) is 2.22. The van der Waals surface area contributed by atoms with Crippen molar-refractivity contribution in [3.05, 3.63) is 35.9 Å². The van der Waals surface area contributed by atoms with Gasteiger partial charge in [0, 0.05) is 18.1 Å². The zero-order valence-electron chi connectivity index (χ0n) is 11.0.